The molecular weight excluding hydrogens is 350 g/mol. The minimum absolute atomic E-state index is 0.0935. The van der Waals surface area contributed by atoms with Crippen molar-refractivity contribution >= 4 is 5.91 Å². The highest BCUT2D eigenvalue weighted by Crippen LogP contribution is 2.30. The van der Waals surface area contributed by atoms with E-state index in [1.54, 1.807) is 0 Å². The van der Waals surface area contributed by atoms with Crippen molar-refractivity contribution in [1.29, 1.82) is 0 Å². The molecular formula is C23H25N3O2. The summed E-state index contributed by atoms with van der Waals surface area (Å²) in [5.41, 5.74) is 2.03. The van der Waals surface area contributed by atoms with Gasteiger partial charge in [-0.25, -0.2) is 0 Å². The molecule has 1 aliphatic rings. The number of likely N-dealkylation sites (tertiary alicyclic amines) is 1. The molecule has 5 nitrogen and oxygen atoms in total. The topological polar surface area (TPSA) is 59.2 Å². The van der Waals surface area contributed by atoms with Gasteiger partial charge in [0.25, 0.3) is 0 Å². The number of amides is 1. The first-order chi connectivity index (χ1) is 13.8. The van der Waals surface area contributed by atoms with Crippen LogP contribution in [0.4, 0.5) is 0 Å². The standard InChI is InChI=1S/C23H25N3O2/c1-2-20(17-10-5-3-6-11-17)23(27)26-15-9-14-19(16-26)22-24-21(25-28-22)18-12-7-4-8-13-18/h3-8,10-13,19-20H,2,9,14-16H2,1H3. The molecule has 0 aliphatic carbocycles. The van der Waals surface area contributed by atoms with Crippen molar-refractivity contribution in [3.05, 3.63) is 72.1 Å². The van der Waals surface area contributed by atoms with Crippen LogP contribution < -0.4 is 0 Å². The maximum atomic E-state index is 13.2. The van der Waals surface area contributed by atoms with Crippen LogP contribution in [-0.4, -0.2) is 34.0 Å². The van der Waals surface area contributed by atoms with Crippen molar-refractivity contribution in [3.8, 4) is 11.4 Å². The predicted octanol–water partition coefficient (Wildman–Crippen LogP) is 4.64. The summed E-state index contributed by atoms with van der Waals surface area (Å²) in [5.74, 6) is 1.43. The first kappa shape index (κ1) is 18.4. The number of benzene rings is 2. The minimum Gasteiger partial charge on any atom is -0.341 e. The highest BCUT2D eigenvalue weighted by atomic mass is 16.5. The Bertz CT molecular complexity index is 908. The summed E-state index contributed by atoms with van der Waals surface area (Å²) >= 11 is 0. The summed E-state index contributed by atoms with van der Waals surface area (Å²) in [5, 5.41) is 4.14. The molecule has 1 aliphatic heterocycles. The lowest BCUT2D eigenvalue weighted by molar-refractivity contribution is -0.134. The van der Waals surface area contributed by atoms with Gasteiger partial charge in [0, 0.05) is 18.7 Å². The molecule has 0 spiro atoms. The average molecular weight is 375 g/mol. The Balaban J connectivity index is 1.49. The zero-order valence-corrected chi connectivity index (χ0v) is 16.1. The number of rotatable bonds is 5. The lowest BCUT2D eigenvalue weighted by Gasteiger charge is -2.33. The lowest BCUT2D eigenvalue weighted by Crippen LogP contribution is -2.41. The molecule has 5 heteroatoms. The summed E-state index contributed by atoms with van der Waals surface area (Å²) < 4.78 is 5.56. The van der Waals surface area contributed by atoms with Crippen molar-refractivity contribution in [2.24, 2.45) is 0 Å². The molecule has 1 amide bonds. The molecule has 0 bridgehead atoms. The van der Waals surface area contributed by atoms with E-state index in [0.29, 0.717) is 18.3 Å². The molecule has 1 fully saturated rings. The molecule has 28 heavy (non-hydrogen) atoms. The lowest BCUT2D eigenvalue weighted by atomic mass is 9.92. The fourth-order valence-electron chi connectivity index (χ4n) is 3.94. The number of carbonyl (C=O) groups is 1. The van der Waals surface area contributed by atoms with E-state index in [2.05, 4.69) is 17.1 Å². The quantitative estimate of drug-likeness (QED) is 0.652. The van der Waals surface area contributed by atoms with E-state index in [-0.39, 0.29) is 17.7 Å². The van der Waals surface area contributed by atoms with Crippen LogP contribution in [0.25, 0.3) is 11.4 Å². The number of nitrogens with zero attached hydrogens (tertiary/aromatic N) is 3. The van der Waals surface area contributed by atoms with E-state index in [0.717, 1.165) is 36.9 Å². The van der Waals surface area contributed by atoms with Gasteiger partial charge in [0.05, 0.1) is 11.8 Å². The maximum Gasteiger partial charge on any atom is 0.231 e. The van der Waals surface area contributed by atoms with Crippen LogP contribution in [0.3, 0.4) is 0 Å². The van der Waals surface area contributed by atoms with Gasteiger partial charge < -0.3 is 9.42 Å². The molecule has 3 aromatic rings. The molecule has 1 aromatic heterocycles. The van der Waals surface area contributed by atoms with Crippen LogP contribution in [0.5, 0.6) is 0 Å². The first-order valence-electron chi connectivity index (χ1n) is 9.99. The number of aromatic nitrogens is 2. The molecule has 0 radical (unpaired) electrons. The third-order valence-corrected chi connectivity index (χ3v) is 5.46. The monoisotopic (exact) mass is 375 g/mol. The Morgan fingerprint density at radius 3 is 2.57 bits per heavy atom. The van der Waals surface area contributed by atoms with Crippen molar-refractivity contribution < 1.29 is 9.32 Å². The van der Waals surface area contributed by atoms with E-state index in [1.807, 2.05) is 65.6 Å². The smallest absolute Gasteiger partial charge is 0.231 e. The van der Waals surface area contributed by atoms with Gasteiger partial charge in [-0.2, -0.15) is 4.98 Å². The van der Waals surface area contributed by atoms with Crippen molar-refractivity contribution in [2.45, 2.75) is 38.0 Å². The van der Waals surface area contributed by atoms with Crippen LogP contribution in [0.2, 0.25) is 0 Å². The van der Waals surface area contributed by atoms with Crippen LogP contribution in [0.1, 0.15) is 49.5 Å². The summed E-state index contributed by atoms with van der Waals surface area (Å²) in [6.07, 6.45) is 2.70. The zero-order chi connectivity index (χ0) is 19.3. The summed E-state index contributed by atoms with van der Waals surface area (Å²) in [7, 11) is 0. The normalized spacial score (nSPS) is 18.0. The fraction of sp³-hybridized carbons (Fsp3) is 0.348. The Labute approximate surface area is 165 Å². The van der Waals surface area contributed by atoms with Gasteiger partial charge in [0.2, 0.25) is 17.6 Å². The largest absolute Gasteiger partial charge is 0.341 e. The molecule has 2 unspecified atom stereocenters. The highest BCUT2D eigenvalue weighted by Gasteiger charge is 2.32. The van der Waals surface area contributed by atoms with Crippen molar-refractivity contribution in [1.82, 2.24) is 15.0 Å². The summed E-state index contributed by atoms with van der Waals surface area (Å²) in [4.78, 5) is 19.8. The van der Waals surface area contributed by atoms with Gasteiger partial charge in [0.15, 0.2) is 0 Å². The van der Waals surface area contributed by atoms with Crippen LogP contribution in [-0.2, 0) is 4.79 Å². The maximum absolute atomic E-state index is 13.2. The second-order valence-corrected chi connectivity index (χ2v) is 7.32. The SMILES string of the molecule is CCC(C(=O)N1CCCC(c2nc(-c3ccccc3)no2)C1)c1ccccc1. The second kappa shape index (κ2) is 8.38. The summed E-state index contributed by atoms with van der Waals surface area (Å²) in [6, 6.07) is 19.9. The average Bonchev–Trinajstić information content (AvgIpc) is 3.26. The number of hydrogen-bond acceptors (Lipinski definition) is 4. The molecule has 1 saturated heterocycles. The Morgan fingerprint density at radius 1 is 1.14 bits per heavy atom. The molecule has 2 heterocycles. The van der Waals surface area contributed by atoms with Crippen LogP contribution in [0.15, 0.2) is 65.2 Å². The molecule has 144 valence electrons. The van der Waals surface area contributed by atoms with E-state index >= 15 is 0 Å². The Morgan fingerprint density at radius 2 is 1.86 bits per heavy atom. The number of piperidine rings is 1. The van der Waals surface area contributed by atoms with Crippen molar-refractivity contribution in [3.63, 3.8) is 0 Å². The van der Waals surface area contributed by atoms with E-state index in [1.165, 1.54) is 0 Å². The molecule has 2 atom stereocenters. The fourth-order valence-corrected chi connectivity index (χ4v) is 3.94. The van der Waals surface area contributed by atoms with Gasteiger partial charge in [-0.3, -0.25) is 4.79 Å². The van der Waals surface area contributed by atoms with E-state index in [9.17, 15) is 4.79 Å². The zero-order valence-electron chi connectivity index (χ0n) is 16.1. The molecule has 0 saturated carbocycles. The van der Waals surface area contributed by atoms with Crippen molar-refractivity contribution in [2.75, 3.05) is 13.1 Å². The minimum atomic E-state index is -0.0949. The molecule has 4 rings (SSSR count). The van der Waals surface area contributed by atoms with E-state index in [4.69, 9.17) is 4.52 Å². The number of hydrogen-bond donors (Lipinski definition) is 0. The second-order valence-electron chi connectivity index (χ2n) is 7.32. The summed E-state index contributed by atoms with van der Waals surface area (Å²) in [6.45, 7) is 3.50. The van der Waals surface area contributed by atoms with Gasteiger partial charge in [-0.05, 0) is 24.8 Å². The number of carbonyl (C=O) groups excluding carboxylic acids is 1. The highest BCUT2D eigenvalue weighted by molar-refractivity contribution is 5.83. The Hall–Kier alpha value is -2.95. The van der Waals surface area contributed by atoms with Gasteiger partial charge >= 0.3 is 0 Å². The molecule has 2 aromatic carbocycles. The van der Waals surface area contributed by atoms with Gasteiger partial charge in [-0.1, -0.05) is 72.7 Å². The molecule has 0 N–H and O–H groups in total. The van der Waals surface area contributed by atoms with Crippen LogP contribution >= 0.6 is 0 Å². The third kappa shape index (κ3) is 3.84. The third-order valence-electron chi connectivity index (χ3n) is 5.46. The van der Waals surface area contributed by atoms with Gasteiger partial charge in [0.1, 0.15) is 0 Å². The Kier molecular flexibility index (Phi) is 5.51. The first-order valence-corrected chi connectivity index (χ1v) is 9.99. The van der Waals surface area contributed by atoms with Gasteiger partial charge in [-0.15, -0.1) is 0 Å². The predicted molar refractivity (Wildman–Crippen MR) is 108 cm³/mol. The van der Waals surface area contributed by atoms with Crippen LogP contribution in [0, 0.1) is 0 Å². The van der Waals surface area contributed by atoms with E-state index < -0.39 is 0 Å².